The lowest BCUT2D eigenvalue weighted by molar-refractivity contribution is -0.119. The second-order valence-corrected chi connectivity index (χ2v) is 6.37. The Labute approximate surface area is 143 Å². The maximum Gasteiger partial charge on any atom is 0.273 e. The van der Waals surface area contributed by atoms with E-state index in [1.165, 1.54) is 11.8 Å². The summed E-state index contributed by atoms with van der Waals surface area (Å²) in [4.78, 5) is 23.6. The van der Waals surface area contributed by atoms with Crippen molar-refractivity contribution in [1.29, 1.82) is 0 Å². The summed E-state index contributed by atoms with van der Waals surface area (Å²) < 4.78 is 5.28. The summed E-state index contributed by atoms with van der Waals surface area (Å²) in [6.45, 7) is 3.46. The largest absolute Gasteiger partial charge is 0.466 e. The van der Waals surface area contributed by atoms with Crippen LogP contribution in [-0.4, -0.2) is 17.6 Å². The van der Waals surface area contributed by atoms with Gasteiger partial charge in [0.2, 0.25) is 5.91 Å². The van der Waals surface area contributed by atoms with E-state index < -0.39 is 5.91 Å². The first-order valence-electron chi connectivity index (χ1n) is 6.94. The van der Waals surface area contributed by atoms with Gasteiger partial charge in [-0.25, -0.2) is 0 Å². The lowest BCUT2D eigenvalue weighted by Gasteiger charge is -2.07. The highest BCUT2D eigenvalue weighted by Gasteiger charge is 2.14. The van der Waals surface area contributed by atoms with Crippen molar-refractivity contribution in [2.45, 2.75) is 19.6 Å². The number of hydrogen-bond donors (Lipinski definition) is 2. The third-order valence-corrected chi connectivity index (χ3v) is 4.23. The van der Waals surface area contributed by atoms with Gasteiger partial charge in [-0.3, -0.25) is 20.4 Å². The molecule has 0 fully saturated rings. The van der Waals surface area contributed by atoms with Crippen LogP contribution in [0.15, 0.2) is 34.7 Å². The third-order valence-electron chi connectivity index (χ3n) is 2.99. The second-order valence-electron chi connectivity index (χ2n) is 4.95. The zero-order chi connectivity index (χ0) is 16.8. The molecule has 2 amide bonds. The van der Waals surface area contributed by atoms with Gasteiger partial charge in [-0.05, 0) is 37.6 Å². The topological polar surface area (TPSA) is 71.3 Å². The summed E-state index contributed by atoms with van der Waals surface area (Å²) in [6.07, 6.45) is 0. The predicted molar refractivity (Wildman–Crippen MR) is 91.4 cm³/mol. The van der Waals surface area contributed by atoms with Crippen LogP contribution in [-0.2, 0) is 10.5 Å². The Kier molecular flexibility index (Phi) is 6.12. The number of furan rings is 1. The summed E-state index contributed by atoms with van der Waals surface area (Å²) in [7, 11) is 0. The lowest BCUT2D eigenvalue weighted by Crippen LogP contribution is -2.42. The number of hydrogen-bond acceptors (Lipinski definition) is 4. The molecule has 0 aliphatic rings. The van der Waals surface area contributed by atoms with E-state index in [0.717, 1.165) is 5.56 Å². The lowest BCUT2D eigenvalue weighted by atomic mass is 10.2. The molecule has 0 unspecified atom stereocenters. The molecule has 0 saturated carbocycles. The van der Waals surface area contributed by atoms with Gasteiger partial charge >= 0.3 is 0 Å². The van der Waals surface area contributed by atoms with Gasteiger partial charge in [-0.15, -0.1) is 11.8 Å². The molecular weight excluding hydrogens is 336 g/mol. The third kappa shape index (κ3) is 5.33. The Morgan fingerprint density at radius 3 is 2.65 bits per heavy atom. The predicted octanol–water partition coefficient (Wildman–Crippen LogP) is 3.24. The molecule has 2 aromatic rings. The van der Waals surface area contributed by atoms with Gasteiger partial charge in [0.1, 0.15) is 11.5 Å². The first kappa shape index (κ1) is 17.4. The van der Waals surface area contributed by atoms with Gasteiger partial charge in [0.25, 0.3) is 5.91 Å². The van der Waals surface area contributed by atoms with E-state index >= 15 is 0 Å². The van der Waals surface area contributed by atoms with Gasteiger partial charge in [-0.2, -0.15) is 0 Å². The minimum atomic E-state index is -0.396. The highest BCUT2D eigenvalue weighted by atomic mass is 35.5. The standard InChI is InChI=1S/C16H17ClN2O3S/c1-10-6-14(11(2)22-10)16(21)19-18-15(20)9-23-8-12-4-3-5-13(17)7-12/h3-7H,8-9H2,1-2H3,(H,18,20)(H,19,21). The Bertz CT molecular complexity index is 715. The Balaban J connectivity index is 1.73. The van der Waals surface area contributed by atoms with Crippen molar-refractivity contribution in [3.8, 4) is 0 Å². The average molecular weight is 353 g/mol. The summed E-state index contributed by atoms with van der Waals surface area (Å²) in [5, 5.41) is 0.672. The molecule has 0 radical (unpaired) electrons. The summed E-state index contributed by atoms with van der Waals surface area (Å²) >= 11 is 7.34. The van der Waals surface area contributed by atoms with Crippen molar-refractivity contribution in [2.75, 3.05) is 5.75 Å². The van der Waals surface area contributed by atoms with E-state index in [1.807, 2.05) is 18.2 Å². The normalized spacial score (nSPS) is 10.4. The van der Waals surface area contributed by atoms with Crippen molar-refractivity contribution in [3.05, 3.63) is 58.0 Å². The maximum absolute atomic E-state index is 11.9. The van der Waals surface area contributed by atoms with E-state index in [1.54, 1.807) is 26.0 Å². The van der Waals surface area contributed by atoms with E-state index in [9.17, 15) is 9.59 Å². The molecule has 1 aromatic carbocycles. The van der Waals surface area contributed by atoms with Crippen molar-refractivity contribution >= 4 is 35.2 Å². The van der Waals surface area contributed by atoms with E-state index in [0.29, 0.717) is 27.9 Å². The number of rotatable bonds is 5. The Morgan fingerprint density at radius 1 is 1.22 bits per heavy atom. The molecule has 1 aromatic heterocycles. The molecule has 122 valence electrons. The summed E-state index contributed by atoms with van der Waals surface area (Å²) in [6, 6.07) is 9.11. The molecule has 2 rings (SSSR count). The van der Waals surface area contributed by atoms with Crippen molar-refractivity contribution in [3.63, 3.8) is 0 Å². The number of thioether (sulfide) groups is 1. The van der Waals surface area contributed by atoms with Crippen LogP contribution in [0, 0.1) is 13.8 Å². The van der Waals surface area contributed by atoms with Crippen LogP contribution in [0.5, 0.6) is 0 Å². The number of amides is 2. The SMILES string of the molecule is Cc1cc(C(=O)NNC(=O)CSCc2cccc(Cl)c2)c(C)o1. The smallest absolute Gasteiger partial charge is 0.273 e. The molecule has 2 N–H and O–H groups in total. The molecule has 0 saturated heterocycles. The van der Waals surface area contributed by atoms with Crippen LogP contribution in [0.3, 0.4) is 0 Å². The van der Waals surface area contributed by atoms with Crippen LogP contribution >= 0.6 is 23.4 Å². The summed E-state index contributed by atoms with van der Waals surface area (Å²) in [5.41, 5.74) is 6.22. The van der Waals surface area contributed by atoms with Gasteiger partial charge in [0.15, 0.2) is 0 Å². The Morgan fingerprint density at radius 2 is 2.00 bits per heavy atom. The molecule has 0 bridgehead atoms. The molecule has 0 aliphatic heterocycles. The van der Waals surface area contributed by atoms with Crippen LogP contribution in [0.2, 0.25) is 5.02 Å². The van der Waals surface area contributed by atoms with Gasteiger partial charge in [-0.1, -0.05) is 23.7 Å². The number of nitrogens with one attached hydrogen (secondary N) is 2. The number of halogens is 1. The number of benzene rings is 1. The fourth-order valence-electron chi connectivity index (χ4n) is 1.97. The minimum absolute atomic E-state index is 0.232. The minimum Gasteiger partial charge on any atom is -0.466 e. The van der Waals surface area contributed by atoms with Crippen molar-refractivity contribution in [1.82, 2.24) is 10.9 Å². The van der Waals surface area contributed by atoms with Crippen molar-refractivity contribution in [2.24, 2.45) is 0 Å². The zero-order valence-corrected chi connectivity index (χ0v) is 14.4. The van der Waals surface area contributed by atoms with Crippen LogP contribution in [0.4, 0.5) is 0 Å². The average Bonchev–Trinajstić information content (AvgIpc) is 2.84. The molecule has 7 heteroatoms. The maximum atomic E-state index is 11.9. The molecule has 23 heavy (non-hydrogen) atoms. The van der Waals surface area contributed by atoms with Gasteiger partial charge < -0.3 is 4.42 Å². The number of carbonyl (C=O) groups excluding carboxylic acids is 2. The second kappa shape index (κ2) is 8.08. The Hall–Kier alpha value is -1.92. The molecule has 0 atom stereocenters. The monoisotopic (exact) mass is 352 g/mol. The fourth-order valence-corrected chi connectivity index (χ4v) is 2.96. The summed E-state index contributed by atoms with van der Waals surface area (Å²) in [5.74, 6) is 1.40. The van der Waals surface area contributed by atoms with Gasteiger partial charge in [0, 0.05) is 10.8 Å². The van der Waals surface area contributed by atoms with E-state index in [2.05, 4.69) is 10.9 Å². The van der Waals surface area contributed by atoms with Crippen LogP contribution in [0.1, 0.15) is 27.4 Å². The molecule has 0 spiro atoms. The zero-order valence-electron chi connectivity index (χ0n) is 12.8. The first-order valence-corrected chi connectivity index (χ1v) is 8.47. The van der Waals surface area contributed by atoms with Crippen LogP contribution in [0.25, 0.3) is 0 Å². The van der Waals surface area contributed by atoms with E-state index in [4.69, 9.17) is 16.0 Å². The van der Waals surface area contributed by atoms with Gasteiger partial charge in [0.05, 0.1) is 11.3 Å². The highest BCUT2D eigenvalue weighted by Crippen LogP contribution is 2.16. The number of carbonyl (C=O) groups is 2. The number of hydrazine groups is 1. The van der Waals surface area contributed by atoms with Crippen LogP contribution < -0.4 is 10.9 Å². The molecular formula is C16H17ClN2O3S. The fraction of sp³-hybridized carbons (Fsp3) is 0.250. The van der Waals surface area contributed by atoms with Crippen molar-refractivity contribution < 1.29 is 14.0 Å². The first-order chi connectivity index (χ1) is 11.0. The van der Waals surface area contributed by atoms with E-state index in [-0.39, 0.29) is 11.7 Å². The molecule has 5 nitrogen and oxygen atoms in total. The quantitative estimate of drug-likeness (QED) is 0.810. The number of aryl methyl sites for hydroxylation is 2. The molecule has 1 heterocycles. The molecule has 0 aliphatic carbocycles. The highest BCUT2D eigenvalue weighted by molar-refractivity contribution is 7.99.